The molecular formula is C10H8O2S. The van der Waals surface area contributed by atoms with Crippen LogP contribution in [0.15, 0.2) is 29.2 Å². The summed E-state index contributed by atoms with van der Waals surface area (Å²) in [5.74, 6) is -0.112. The second-order valence-corrected chi connectivity index (χ2v) is 4.12. The Hall–Kier alpha value is -1.09. The lowest BCUT2D eigenvalue weighted by Gasteiger charge is -1.98. The van der Waals surface area contributed by atoms with Gasteiger partial charge in [0.1, 0.15) is 5.25 Å². The molecule has 0 radical (unpaired) electrons. The molecule has 0 aliphatic carbocycles. The Morgan fingerprint density at radius 3 is 2.69 bits per heavy atom. The third-order valence-electron chi connectivity index (χ3n) is 2.00. The zero-order valence-electron chi connectivity index (χ0n) is 7.11. The molecule has 1 aliphatic heterocycles. The van der Waals surface area contributed by atoms with Gasteiger partial charge in [0.25, 0.3) is 0 Å². The molecule has 1 heterocycles. The monoisotopic (exact) mass is 192 g/mol. The van der Waals surface area contributed by atoms with Gasteiger partial charge in [-0.05, 0) is 13.0 Å². The van der Waals surface area contributed by atoms with Crippen molar-refractivity contribution in [3.63, 3.8) is 0 Å². The number of hydrogen-bond donors (Lipinski definition) is 0. The van der Waals surface area contributed by atoms with Gasteiger partial charge in [0.05, 0.1) is 0 Å². The molecule has 0 saturated heterocycles. The number of fused-ring (bicyclic) bond motifs is 1. The van der Waals surface area contributed by atoms with Crippen molar-refractivity contribution in [2.24, 2.45) is 0 Å². The molecule has 1 aliphatic rings. The van der Waals surface area contributed by atoms with Crippen molar-refractivity contribution in [3.05, 3.63) is 29.8 Å². The van der Waals surface area contributed by atoms with Gasteiger partial charge in [0, 0.05) is 10.5 Å². The molecule has 1 aromatic carbocycles. The molecule has 1 unspecified atom stereocenters. The van der Waals surface area contributed by atoms with Crippen molar-refractivity contribution in [1.29, 1.82) is 0 Å². The average Bonchev–Trinajstić information content (AvgIpc) is 2.45. The predicted molar refractivity (Wildman–Crippen MR) is 51.1 cm³/mol. The van der Waals surface area contributed by atoms with E-state index in [9.17, 15) is 9.59 Å². The zero-order chi connectivity index (χ0) is 9.42. The Balaban J connectivity index is 2.44. The van der Waals surface area contributed by atoms with Crippen LogP contribution in [-0.2, 0) is 4.79 Å². The quantitative estimate of drug-likeness (QED) is 0.637. The number of carbonyl (C=O) groups is 2. The van der Waals surface area contributed by atoms with Crippen LogP contribution in [0, 0.1) is 0 Å². The summed E-state index contributed by atoms with van der Waals surface area (Å²) < 4.78 is 0. The van der Waals surface area contributed by atoms with Crippen molar-refractivity contribution in [2.75, 3.05) is 0 Å². The van der Waals surface area contributed by atoms with Gasteiger partial charge in [0.2, 0.25) is 0 Å². The summed E-state index contributed by atoms with van der Waals surface area (Å²) in [6, 6.07) is 7.34. The van der Waals surface area contributed by atoms with E-state index in [4.69, 9.17) is 0 Å². The zero-order valence-corrected chi connectivity index (χ0v) is 7.93. The highest BCUT2D eigenvalue weighted by molar-refractivity contribution is 8.02. The minimum atomic E-state index is -0.502. The highest BCUT2D eigenvalue weighted by atomic mass is 32.2. The maximum atomic E-state index is 11.6. The number of benzene rings is 1. The van der Waals surface area contributed by atoms with Gasteiger partial charge in [-0.2, -0.15) is 0 Å². The van der Waals surface area contributed by atoms with Crippen LogP contribution >= 0.6 is 11.8 Å². The van der Waals surface area contributed by atoms with Gasteiger partial charge in [0.15, 0.2) is 11.6 Å². The van der Waals surface area contributed by atoms with E-state index >= 15 is 0 Å². The maximum absolute atomic E-state index is 11.6. The van der Waals surface area contributed by atoms with Gasteiger partial charge in [-0.25, -0.2) is 0 Å². The summed E-state index contributed by atoms with van der Waals surface area (Å²) in [6.45, 7) is 1.46. The summed E-state index contributed by atoms with van der Waals surface area (Å²) in [6.07, 6.45) is 0. The Morgan fingerprint density at radius 2 is 2.08 bits per heavy atom. The lowest BCUT2D eigenvalue weighted by atomic mass is 10.1. The van der Waals surface area contributed by atoms with E-state index in [1.807, 2.05) is 18.2 Å². The Kier molecular flexibility index (Phi) is 1.96. The molecule has 0 spiro atoms. The average molecular weight is 192 g/mol. The van der Waals surface area contributed by atoms with E-state index in [2.05, 4.69) is 0 Å². The molecule has 0 saturated carbocycles. The third kappa shape index (κ3) is 1.29. The van der Waals surface area contributed by atoms with E-state index in [1.54, 1.807) is 6.07 Å². The van der Waals surface area contributed by atoms with E-state index < -0.39 is 5.25 Å². The molecule has 0 aromatic heterocycles. The van der Waals surface area contributed by atoms with Crippen molar-refractivity contribution in [1.82, 2.24) is 0 Å². The predicted octanol–water partition coefficient (Wildman–Crippen LogP) is 1.93. The fourth-order valence-corrected chi connectivity index (χ4v) is 2.47. The van der Waals surface area contributed by atoms with Crippen LogP contribution < -0.4 is 0 Å². The molecular weight excluding hydrogens is 184 g/mol. The molecule has 1 atom stereocenters. The molecule has 0 N–H and O–H groups in total. The van der Waals surface area contributed by atoms with Gasteiger partial charge in [-0.1, -0.05) is 18.2 Å². The first-order valence-electron chi connectivity index (χ1n) is 4.00. The topological polar surface area (TPSA) is 34.1 Å². The van der Waals surface area contributed by atoms with Crippen molar-refractivity contribution in [2.45, 2.75) is 17.1 Å². The summed E-state index contributed by atoms with van der Waals surface area (Å²) in [5, 5.41) is -0.502. The standard InChI is InChI=1S/C10H8O2S/c1-6(11)10-9(12)7-4-2-3-5-8(7)13-10/h2-5,10H,1H3. The van der Waals surface area contributed by atoms with Crippen LogP contribution in [0.1, 0.15) is 17.3 Å². The van der Waals surface area contributed by atoms with Crippen molar-refractivity contribution >= 4 is 23.3 Å². The highest BCUT2D eigenvalue weighted by Gasteiger charge is 2.33. The Labute approximate surface area is 80.3 Å². The van der Waals surface area contributed by atoms with Crippen LogP contribution in [0.3, 0.4) is 0 Å². The normalized spacial score (nSPS) is 20.1. The molecule has 0 fully saturated rings. The van der Waals surface area contributed by atoms with Gasteiger partial charge < -0.3 is 0 Å². The van der Waals surface area contributed by atoms with Gasteiger partial charge in [-0.3, -0.25) is 9.59 Å². The van der Waals surface area contributed by atoms with Crippen LogP contribution in [-0.4, -0.2) is 16.8 Å². The number of carbonyl (C=O) groups excluding carboxylic acids is 2. The molecule has 0 amide bonds. The van der Waals surface area contributed by atoms with E-state index in [0.717, 1.165) is 4.90 Å². The second-order valence-electron chi connectivity index (χ2n) is 2.97. The number of thioether (sulfide) groups is 1. The molecule has 2 nitrogen and oxygen atoms in total. The lowest BCUT2D eigenvalue weighted by molar-refractivity contribution is -0.115. The van der Waals surface area contributed by atoms with Crippen molar-refractivity contribution < 1.29 is 9.59 Å². The van der Waals surface area contributed by atoms with Crippen molar-refractivity contribution in [3.8, 4) is 0 Å². The molecule has 13 heavy (non-hydrogen) atoms. The van der Waals surface area contributed by atoms with E-state index in [-0.39, 0.29) is 11.6 Å². The lowest BCUT2D eigenvalue weighted by Crippen LogP contribution is -2.19. The number of rotatable bonds is 1. The maximum Gasteiger partial charge on any atom is 0.184 e. The fourth-order valence-electron chi connectivity index (χ4n) is 1.36. The molecule has 1 aromatic rings. The van der Waals surface area contributed by atoms with E-state index in [1.165, 1.54) is 18.7 Å². The van der Waals surface area contributed by atoms with Crippen LogP contribution in [0.4, 0.5) is 0 Å². The van der Waals surface area contributed by atoms with E-state index in [0.29, 0.717) is 5.56 Å². The number of Topliss-reactive ketones (excluding diaryl/α,β-unsaturated/α-hetero) is 2. The minimum Gasteiger partial charge on any atom is -0.298 e. The van der Waals surface area contributed by atoms with Gasteiger partial charge >= 0.3 is 0 Å². The molecule has 66 valence electrons. The van der Waals surface area contributed by atoms with Crippen LogP contribution in [0.25, 0.3) is 0 Å². The molecule has 2 rings (SSSR count). The number of ketones is 2. The van der Waals surface area contributed by atoms with Gasteiger partial charge in [-0.15, -0.1) is 11.8 Å². The van der Waals surface area contributed by atoms with Crippen LogP contribution in [0.5, 0.6) is 0 Å². The largest absolute Gasteiger partial charge is 0.298 e. The summed E-state index contributed by atoms with van der Waals surface area (Å²) in [5.41, 5.74) is 0.688. The summed E-state index contributed by atoms with van der Waals surface area (Å²) in [4.78, 5) is 23.6. The first-order chi connectivity index (χ1) is 6.20. The summed E-state index contributed by atoms with van der Waals surface area (Å²) in [7, 11) is 0. The third-order valence-corrected chi connectivity index (χ3v) is 3.40. The Morgan fingerprint density at radius 1 is 1.38 bits per heavy atom. The smallest absolute Gasteiger partial charge is 0.184 e. The van der Waals surface area contributed by atoms with Crippen LogP contribution in [0.2, 0.25) is 0 Å². The first-order valence-corrected chi connectivity index (χ1v) is 4.88. The molecule has 0 bridgehead atoms. The highest BCUT2D eigenvalue weighted by Crippen LogP contribution is 2.36. The SMILES string of the molecule is CC(=O)C1Sc2ccccc2C1=O. The minimum absolute atomic E-state index is 0.0481. The summed E-state index contributed by atoms with van der Waals surface area (Å²) >= 11 is 1.35. The first kappa shape index (κ1) is 8.51. The Bertz CT molecular complexity index is 384. The second kappa shape index (κ2) is 3.00. The number of hydrogen-bond acceptors (Lipinski definition) is 3. The molecule has 3 heteroatoms. The fraction of sp³-hybridized carbons (Fsp3) is 0.200.